The molecule has 1 amide bonds. The minimum atomic E-state index is -0.473. The van der Waals surface area contributed by atoms with Crippen LogP contribution in [0.3, 0.4) is 0 Å². The van der Waals surface area contributed by atoms with Crippen LogP contribution in [0.1, 0.15) is 25.3 Å². The number of carbonyl (C=O) groups excluding carboxylic acids is 1. The summed E-state index contributed by atoms with van der Waals surface area (Å²) in [6.45, 7) is 1.54. The van der Waals surface area contributed by atoms with Crippen LogP contribution in [-0.4, -0.2) is 22.2 Å². The van der Waals surface area contributed by atoms with E-state index in [9.17, 15) is 4.79 Å². The van der Waals surface area contributed by atoms with E-state index in [1.54, 1.807) is 31.2 Å². The number of benzene rings is 1. The molecule has 0 bridgehead atoms. The Balaban J connectivity index is 2.55. The SMILES string of the molecule is CC(O)CCC(=O)Nc1ccccc1CO. The number of rotatable bonds is 5. The molecule has 0 spiro atoms. The number of nitrogens with one attached hydrogen (secondary N) is 1. The number of aliphatic hydroxyl groups excluding tert-OH is 2. The highest BCUT2D eigenvalue weighted by Crippen LogP contribution is 2.15. The summed E-state index contributed by atoms with van der Waals surface area (Å²) in [6, 6.07) is 7.09. The maximum absolute atomic E-state index is 11.5. The van der Waals surface area contributed by atoms with E-state index in [1.807, 2.05) is 0 Å². The molecule has 1 rings (SSSR count). The normalized spacial score (nSPS) is 12.2. The fraction of sp³-hybridized carbons (Fsp3) is 0.417. The van der Waals surface area contributed by atoms with Crippen LogP contribution in [0.5, 0.6) is 0 Å². The number of hydrogen-bond donors (Lipinski definition) is 3. The van der Waals surface area contributed by atoms with Crippen LogP contribution in [-0.2, 0) is 11.4 Å². The minimum Gasteiger partial charge on any atom is -0.393 e. The molecule has 0 radical (unpaired) electrons. The lowest BCUT2D eigenvalue weighted by atomic mass is 10.1. The zero-order valence-electron chi connectivity index (χ0n) is 9.31. The molecule has 0 saturated heterocycles. The molecule has 1 aromatic carbocycles. The van der Waals surface area contributed by atoms with Crippen molar-refractivity contribution in [3.8, 4) is 0 Å². The van der Waals surface area contributed by atoms with Gasteiger partial charge in [0, 0.05) is 17.7 Å². The number of carbonyl (C=O) groups is 1. The van der Waals surface area contributed by atoms with E-state index in [1.165, 1.54) is 0 Å². The second kappa shape index (κ2) is 6.25. The van der Waals surface area contributed by atoms with Gasteiger partial charge in [-0.15, -0.1) is 0 Å². The van der Waals surface area contributed by atoms with Crippen molar-refractivity contribution >= 4 is 11.6 Å². The first-order valence-corrected chi connectivity index (χ1v) is 5.30. The number of hydrogen-bond acceptors (Lipinski definition) is 3. The molecular formula is C12H17NO3. The smallest absolute Gasteiger partial charge is 0.224 e. The maximum Gasteiger partial charge on any atom is 0.224 e. The predicted molar refractivity (Wildman–Crippen MR) is 61.9 cm³/mol. The zero-order valence-corrected chi connectivity index (χ0v) is 9.31. The largest absolute Gasteiger partial charge is 0.393 e. The van der Waals surface area contributed by atoms with Crippen LogP contribution in [0.4, 0.5) is 5.69 Å². The lowest BCUT2D eigenvalue weighted by Crippen LogP contribution is -2.15. The summed E-state index contributed by atoms with van der Waals surface area (Å²) in [4.78, 5) is 11.5. The van der Waals surface area contributed by atoms with E-state index < -0.39 is 6.10 Å². The summed E-state index contributed by atoms with van der Waals surface area (Å²) in [5, 5.41) is 20.8. The third-order valence-electron chi connectivity index (χ3n) is 2.25. The molecule has 16 heavy (non-hydrogen) atoms. The van der Waals surface area contributed by atoms with Gasteiger partial charge in [0.15, 0.2) is 0 Å². The lowest BCUT2D eigenvalue weighted by Gasteiger charge is -2.09. The van der Waals surface area contributed by atoms with Gasteiger partial charge in [0.25, 0.3) is 0 Å². The number of aliphatic hydroxyl groups is 2. The van der Waals surface area contributed by atoms with Gasteiger partial charge in [-0.25, -0.2) is 0 Å². The van der Waals surface area contributed by atoms with Crippen LogP contribution < -0.4 is 5.32 Å². The highest BCUT2D eigenvalue weighted by atomic mass is 16.3. The molecule has 1 atom stereocenters. The molecule has 0 aliphatic heterocycles. The number of amides is 1. The number of anilines is 1. The van der Waals surface area contributed by atoms with Crippen LogP contribution in [0, 0.1) is 0 Å². The Bertz CT molecular complexity index is 350. The van der Waals surface area contributed by atoms with Crippen LogP contribution in [0.25, 0.3) is 0 Å². The molecule has 0 aliphatic rings. The molecule has 0 aromatic heterocycles. The van der Waals surface area contributed by atoms with Crippen molar-refractivity contribution in [2.24, 2.45) is 0 Å². The Kier molecular flexibility index (Phi) is 4.95. The van der Waals surface area contributed by atoms with E-state index in [0.717, 1.165) is 0 Å². The van der Waals surface area contributed by atoms with Crippen LogP contribution in [0.2, 0.25) is 0 Å². The topological polar surface area (TPSA) is 69.6 Å². The fourth-order valence-corrected chi connectivity index (χ4v) is 1.33. The van der Waals surface area contributed by atoms with Crippen LogP contribution >= 0.6 is 0 Å². The van der Waals surface area contributed by atoms with Gasteiger partial charge in [-0.3, -0.25) is 4.79 Å². The molecule has 0 saturated carbocycles. The molecule has 0 aliphatic carbocycles. The Morgan fingerprint density at radius 1 is 1.44 bits per heavy atom. The first-order chi connectivity index (χ1) is 7.63. The molecular weight excluding hydrogens is 206 g/mol. The summed E-state index contributed by atoms with van der Waals surface area (Å²) in [5.74, 6) is -0.151. The lowest BCUT2D eigenvalue weighted by molar-refractivity contribution is -0.116. The summed E-state index contributed by atoms with van der Waals surface area (Å²) >= 11 is 0. The standard InChI is InChI=1S/C12H17NO3/c1-9(15)6-7-12(16)13-11-5-3-2-4-10(11)8-14/h2-5,9,14-15H,6-8H2,1H3,(H,13,16). The summed E-state index contributed by atoms with van der Waals surface area (Å²) in [5.41, 5.74) is 1.31. The van der Waals surface area contributed by atoms with Crippen molar-refractivity contribution in [2.45, 2.75) is 32.5 Å². The van der Waals surface area contributed by atoms with Gasteiger partial charge in [-0.05, 0) is 19.4 Å². The van der Waals surface area contributed by atoms with Gasteiger partial charge in [0.05, 0.1) is 12.7 Å². The van der Waals surface area contributed by atoms with E-state index in [-0.39, 0.29) is 18.9 Å². The Labute approximate surface area is 94.9 Å². The summed E-state index contributed by atoms with van der Waals surface area (Å²) < 4.78 is 0. The average Bonchev–Trinajstić information content (AvgIpc) is 2.27. The summed E-state index contributed by atoms with van der Waals surface area (Å²) in [7, 11) is 0. The average molecular weight is 223 g/mol. The van der Waals surface area contributed by atoms with Gasteiger partial charge in [-0.2, -0.15) is 0 Å². The molecule has 1 unspecified atom stereocenters. The third kappa shape index (κ3) is 4.00. The van der Waals surface area contributed by atoms with E-state index in [0.29, 0.717) is 17.7 Å². The second-order valence-corrected chi connectivity index (χ2v) is 3.75. The third-order valence-corrected chi connectivity index (χ3v) is 2.25. The van der Waals surface area contributed by atoms with Crippen molar-refractivity contribution < 1.29 is 15.0 Å². The van der Waals surface area contributed by atoms with Gasteiger partial charge >= 0.3 is 0 Å². The minimum absolute atomic E-state index is 0.104. The van der Waals surface area contributed by atoms with E-state index in [2.05, 4.69) is 5.32 Å². The van der Waals surface area contributed by atoms with Gasteiger partial charge < -0.3 is 15.5 Å². The molecule has 0 heterocycles. The Morgan fingerprint density at radius 3 is 2.75 bits per heavy atom. The van der Waals surface area contributed by atoms with Crippen molar-refractivity contribution in [3.05, 3.63) is 29.8 Å². The van der Waals surface area contributed by atoms with E-state index in [4.69, 9.17) is 10.2 Å². The first kappa shape index (κ1) is 12.7. The Morgan fingerprint density at radius 2 is 2.12 bits per heavy atom. The zero-order chi connectivity index (χ0) is 12.0. The molecule has 88 valence electrons. The molecule has 1 aromatic rings. The Hall–Kier alpha value is -1.39. The predicted octanol–water partition coefficient (Wildman–Crippen LogP) is 1.28. The monoisotopic (exact) mass is 223 g/mol. The first-order valence-electron chi connectivity index (χ1n) is 5.30. The van der Waals surface area contributed by atoms with E-state index >= 15 is 0 Å². The molecule has 0 fully saturated rings. The quantitative estimate of drug-likeness (QED) is 0.704. The second-order valence-electron chi connectivity index (χ2n) is 3.75. The molecule has 4 nitrogen and oxygen atoms in total. The van der Waals surface area contributed by atoms with Crippen LogP contribution in [0.15, 0.2) is 24.3 Å². The maximum atomic E-state index is 11.5. The number of para-hydroxylation sites is 1. The van der Waals surface area contributed by atoms with Gasteiger partial charge in [0.1, 0.15) is 0 Å². The van der Waals surface area contributed by atoms with Gasteiger partial charge in [0.2, 0.25) is 5.91 Å². The highest BCUT2D eigenvalue weighted by Gasteiger charge is 2.07. The van der Waals surface area contributed by atoms with Crippen molar-refractivity contribution in [1.29, 1.82) is 0 Å². The fourth-order valence-electron chi connectivity index (χ4n) is 1.33. The summed E-state index contributed by atoms with van der Waals surface area (Å²) in [6.07, 6.45) is 0.240. The molecule has 3 N–H and O–H groups in total. The van der Waals surface area contributed by atoms with Crippen molar-refractivity contribution in [1.82, 2.24) is 0 Å². The highest BCUT2D eigenvalue weighted by molar-refractivity contribution is 5.91. The molecule has 4 heteroatoms. The van der Waals surface area contributed by atoms with Crippen molar-refractivity contribution in [2.75, 3.05) is 5.32 Å². The van der Waals surface area contributed by atoms with Crippen molar-refractivity contribution in [3.63, 3.8) is 0 Å². The van der Waals surface area contributed by atoms with Gasteiger partial charge in [-0.1, -0.05) is 18.2 Å².